The van der Waals surface area contributed by atoms with Crippen molar-refractivity contribution < 1.29 is 14.3 Å². The van der Waals surface area contributed by atoms with Gasteiger partial charge in [0.15, 0.2) is 0 Å². The van der Waals surface area contributed by atoms with Crippen LogP contribution in [0.5, 0.6) is 5.75 Å². The zero-order chi connectivity index (χ0) is 21.5. The summed E-state index contributed by atoms with van der Waals surface area (Å²) in [6, 6.07) is 12.2. The molecule has 1 fully saturated rings. The van der Waals surface area contributed by atoms with Gasteiger partial charge in [0.1, 0.15) is 5.75 Å². The smallest absolute Gasteiger partial charge is 0.275 e. The molecule has 0 radical (unpaired) electrons. The summed E-state index contributed by atoms with van der Waals surface area (Å²) >= 11 is 5.98. The van der Waals surface area contributed by atoms with Crippen molar-refractivity contribution in [2.24, 2.45) is 11.0 Å². The Bertz CT molecular complexity index is 935. The Hall–Kier alpha value is -2.86. The number of carbonyl (C=O) groups excluding carboxylic acids is 2. The fourth-order valence-electron chi connectivity index (χ4n) is 3.52. The van der Waals surface area contributed by atoms with Gasteiger partial charge in [-0.1, -0.05) is 43.0 Å². The van der Waals surface area contributed by atoms with Gasteiger partial charge in [0.2, 0.25) is 5.91 Å². The van der Waals surface area contributed by atoms with E-state index in [1.165, 1.54) is 19.6 Å². The number of amides is 2. The quantitative estimate of drug-likeness (QED) is 0.501. The first-order valence-electron chi connectivity index (χ1n) is 10.1. The first-order chi connectivity index (χ1) is 14.5. The van der Waals surface area contributed by atoms with Gasteiger partial charge in [-0.25, -0.2) is 5.43 Å². The third-order valence-electron chi connectivity index (χ3n) is 5.28. The van der Waals surface area contributed by atoms with Crippen LogP contribution < -0.4 is 15.5 Å². The molecule has 0 spiro atoms. The number of ether oxygens (including phenoxy) is 1. The average Bonchev–Trinajstić information content (AvgIpc) is 2.78. The number of methoxy groups -OCH3 is 1. The standard InChI is InChI=1S/C23H26ClN3O3/c1-15(26-27-23(29)20-14-18(24)10-13-21(20)30-2)16-8-11-19(12-9-16)25-22(28)17-6-4-3-5-7-17/h8-14,17H,3-7H2,1-2H3,(H,25,28)(H,27,29)/b26-15-. The molecule has 2 aromatic rings. The highest BCUT2D eigenvalue weighted by atomic mass is 35.5. The van der Waals surface area contributed by atoms with Crippen LogP contribution >= 0.6 is 11.6 Å². The number of carbonyl (C=O) groups is 2. The minimum atomic E-state index is -0.412. The second-order valence-electron chi connectivity index (χ2n) is 7.38. The lowest BCUT2D eigenvalue weighted by Crippen LogP contribution is -2.24. The molecule has 2 N–H and O–H groups in total. The third-order valence-corrected chi connectivity index (χ3v) is 5.51. The number of benzene rings is 2. The van der Waals surface area contributed by atoms with Crippen molar-refractivity contribution in [2.45, 2.75) is 39.0 Å². The van der Waals surface area contributed by atoms with E-state index in [9.17, 15) is 9.59 Å². The number of rotatable bonds is 6. The molecule has 0 heterocycles. The van der Waals surface area contributed by atoms with Crippen molar-refractivity contribution in [3.05, 3.63) is 58.6 Å². The molecule has 7 heteroatoms. The van der Waals surface area contributed by atoms with Gasteiger partial charge < -0.3 is 10.1 Å². The van der Waals surface area contributed by atoms with Crippen LogP contribution in [0.4, 0.5) is 5.69 Å². The van der Waals surface area contributed by atoms with Crippen molar-refractivity contribution in [1.29, 1.82) is 0 Å². The Morgan fingerprint density at radius 1 is 1.07 bits per heavy atom. The Labute approximate surface area is 181 Å². The summed E-state index contributed by atoms with van der Waals surface area (Å²) in [5.74, 6) is 0.212. The molecule has 3 rings (SSSR count). The predicted molar refractivity (Wildman–Crippen MR) is 119 cm³/mol. The number of anilines is 1. The minimum Gasteiger partial charge on any atom is -0.496 e. The molecule has 0 unspecified atom stereocenters. The molecule has 0 bridgehead atoms. The van der Waals surface area contributed by atoms with Crippen LogP contribution in [-0.4, -0.2) is 24.6 Å². The molecule has 158 valence electrons. The highest BCUT2D eigenvalue weighted by Gasteiger charge is 2.21. The Kier molecular flexibility index (Phi) is 7.46. The number of hydrazone groups is 1. The van der Waals surface area contributed by atoms with E-state index >= 15 is 0 Å². The Morgan fingerprint density at radius 3 is 2.43 bits per heavy atom. The Balaban J connectivity index is 1.61. The van der Waals surface area contributed by atoms with Gasteiger partial charge in [-0.2, -0.15) is 5.10 Å². The van der Waals surface area contributed by atoms with E-state index in [1.54, 1.807) is 19.1 Å². The number of nitrogens with one attached hydrogen (secondary N) is 2. The van der Waals surface area contributed by atoms with E-state index in [0.29, 0.717) is 22.0 Å². The lowest BCUT2D eigenvalue weighted by molar-refractivity contribution is -0.120. The van der Waals surface area contributed by atoms with Gasteiger partial charge in [0.05, 0.1) is 18.4 Å². The molecule has 1 aliphatic rings. The van der Waals surface area contributed by atoms with Gasteiger partial charge in [-0.05, 0) is 55.7 Å². The molecule has 1 aliphatic carbocycles. The number of hydrogen-bond acceptors (Lipinski definition) is 4. The van der Waals surface area contributed by atoms with Gasteiger partial charge in [0, 0.05) is 16.6 Å². The van der Waals surface area contributed by atoms with Crippen LogP contribution in [0.3, 0.4) is 0 Å². The van der Waals surface area contributed by atoms with Crippen molar-refractivity contribution in [2.75, 3.05) is 12.4 Å². The highest BCUT2D eigenvalue weighted by molar-refractivity contribution is 6.31. The minimum absolute atomic E-state index is 0.0931. The van der Waals surface area contributed by atoms with E-state index in [1.807, 2.05) is 24.3 Å². The van der Waals surface area contributed by atoms with Gasteiger partial charge >= 0.3 is 0 Å². The average molecular weight is 428 g/mol. The van der Waals surface area contributed by atoms with Crippen LogP contribution in [0, 0.1) is 5.92 Å². The summed E-state index contributed by atoms with van der Waals surface area (Å²) < 4.78 is 5.20. The molecule has 0 aromatic heterocycles. The monoisotopic (exact) mass is 427 g/mol. The van der Waals surface area contributed by atoms with Crippen molar-refractivity contribution >= 4 is 34.8 Å². The first-order valence-corrected chi connectivity index (χ1v) is 10.4. The molecular formula is C23H26ClN3O3. The Morgan fingerprint density at radius 2 is 1.77 bits per heavy atom. The third kappa shape index (κ3) is 5.60. The molecule has 2 aromatic carbocycles. The second-order valence-corrected chi connectivity index (χ2v) is 7.82. The first kappa shape index (κ1) is 21.8. The zero-order valence-corrected chi connectivity index (χ0v) is 18.0. The molecule has 2 amide bonds. The maximum Gasteiger partial charge on any atom is 0.275 e. The molecule has 0 aliphatic heterocycles. The van der Waals surface area contributed by atoms with E-state index in [2.05, 4.69) is 15.8 Å². The van der Waals surface area contributed by atoms with Crippen LogP contribution in [0.2, 0.25) is 5.02 Å². The fourth-order valence-corrected chi connectivity index (χ4v) is 3.69. The topological polar surface area (TPSA) is 79.8 Å². The summed E-state index contributed by atoms with van der Waals surface area (Å²) in [6.45, 7) is 1.80. The van der Waals surface area contributed by atoms with E-state index in [4.69, 9.17) is 16.3 Å². The maximum absolute atomic E-state index is 12.4. The summed E-state index contributed by atoms with van der Waals surface area (Å²) in [5, 5.41) is 7.60. The SMILES string of the molecule is COc1ccc(Cl)cc1C(=O)N/N=C(/C)c1ccc(NC(=O)C2CCCCC2)cc1. The molecule has 0 atom stereocenters. The second kappa shape index (κ2) is 10.3. The summed E-state index contributed by atoms with van der Waals surface area (Å²) in [4.78, 5) is 24.8. The number of hydrogen-bond donors (Lipinski definition) is 2. The number of nitrogens with zero attached hydrogens (tertiary/aromatic N) is 1. The molecular weight excluding hydrogens is 402 g/mol. The van der Waals surface area contributed by atoms with Crippen molar-refractivity contribution in [3.63, 3.8) is 0 Å². The van der Waals surface area contributed by atoms with Gasteiger partial charge in [0.25, 0.3) is 5.91 Å². The fraction of sp³-hybridized carbons (Fsp3) is 0.348. The van der Waals surface area contributed by atoms with Crippen molar-refractivity contribution in [1.82, 2.24) is 5.43 Å². The predicted octanol–water partition coefficient (Wildman–Crippen LogP) is 5.02. The largest absolute Gasteiger partial charge is 0.496 e. The van der Waals surface area contributed by atoms with Gasteiger partial charge in [-0.3, -0.25) is 9.59 Å². The molecule has 1 saturated carbocycles. The van der Waals surface area contributed by atoms with Crippen molar-refractivity contribution in [3.8, 4) is 5.75 Å². The molecule has 30 heavy (non-hydrogen) atoms. The molecule has 0 saturated heterocycles. The molecule has 6 nitrogen and oxygen atoms in total. The van der Waals surface area contributed by atoms with Crippen LogP contribution in [-0.2, 0) is 4.79 Å². The normalized spacial score (nSPS) is 14.8. The summed E-state index contributed by atoms with van der Waals surface area (Å²) in [5.41, 5.74) is 5.07. The van der Waals surface area contributed by atoms with E-state index in [-0.39, 0.29) is 11.8 Å². The van der Waals surface area contributed by atoms with E-state index < -0.39 is 5.91 Å². The lowest BCUT2D eigenvalue weighted by Gasteiger charge is -2.20. The van der Waals surface area contributed by atoms with Crippen LogP contribution in [0.1, 0.15) is 54.9 Å². The van der Waals surface area contributed by atoms with Crippen LogP contribution in [0.25, 0.3) is 0 Å². The summed E-state index contributed by atoms with van der Waals surface area (Å²) in [7, 11) is 1.49. The maximum atomic E-state index is 12.4. The van der Waals surface area contributed by atoms with E-state index in [0.717, 1.165) is 36.9 Å². The lowest BCUT2D eigenvalue weighted by atomic mass is 9.88. The highest BCUT2D eigenvalue weighted by Crippen LogP contribution is 2.25. The van der Waals surface area contributed by atoms with Gasteiger partial charge in [-0.15, -0.1) is 0 Å². The summed E-state index contributed by atoms with van der Waals surface area (Å²) in [6.07, 6.45) is 5.40. The zero-order valence-electron chi connectivity index (χ0n) is 17.2. The number of halogens is 1. The van der Waals surface area contributed by atoms with Crippen LogP contribution in [0.15, 0.2) is 47.6 Å².